The topological polar surface area (TPSA) is 85.9 Å². The Kier molecular flexibility index (Phi) is 7.36. The molecule has 1 aliphatic carbocycles. The van der Waals surface area contributed by atoms with Gasteiger partial charge in [0.15, 0.2) is 0 Å². The first-order valence-corrected chi connectivity index (χ1v) is 14.4. The van der Waals surface area contributed by atoms with Crippen molar-refractivity contribution in [2.75, 3.05) is 33.6 Å². The van der Waals surface area contributed by atoms with Gasteiger partial charge in [-0.3, -0.25) is 14.2 Å². The van der Waals surface area contributed by atoms with Gasteiger partial charge in [0.05, 0.1) is 42.3 Å². The van der Waals surface area contributed by atoms with E-state index in [9.17, 15) is 4.79 Å². The zero-order chi connectivity index (χ0) is 29.5. The van der Waals surface area contributed by atoms with Gasteiger partial charge in [0, 0.05) is 42.4 Å². The summed E-state index contributed by atoms with van der Waals surface area (Å²) in [6.07, 6.45) is 8.42. The normalized spacial score (nSPS) is 17.2. The quantitative estimate of drug-likeness (QED) is 0.258. The van der Waals surface area contributed by atoms with Crippen LogP contribution in [0.3, 0.4) is 0 Å². The zero-order valence-electron chi connectivity index (χ0n) is 25.1. The Bertz CT molecular complexity index is 1780. The van der Waals surface area contributed by atoms with E-state index in [1.54, 1.807) is 14.2 Å². The summed E-state index contributed by atoms with van der Waals surface area (Å²) in [4.78, 5) is 25.6. The number of carbonyl (C=O) groups excluding carboxylic acids is 1. The number of ether oxygens (including phenoxy) is 2. The van der Waals surface area contributed by atoms with Crippen LogP contribution in [0.15, 0.2) is 54.9 Å². The standard InChI is InChI=1S/C33H38N6O3/c1-20-31-30(36-32(39(31)17-16-34-20)21-10-13-23(14-11-21)37(2)3)22-12-15-25(29(18-22)42-6)35-33(40)27-19-24-26(38(27)4)8-7-9-28(24)41-5/h7-9,12,15-19,21,23H,10-11,13-14H2,1-6H3,(H,35,40)/t21-,23+. The molecule has 1 aliphatic rings. The Balaban J connectivity index is 1.33. The Hall–Kier alpha value is -4.37. The van der Waals surface area contributed by atoms with Crippen molar-refractivity contribution in [3.63, 3.8) is 0 Å². The molecule has 1 amide bonds. The lowest BCUT2D eigenvalue weighted by Crippen LogP contribution is -2.32. The molecule has 6 rings (SSSR count). The average Bonchev–Trinajstić information content (AvgIpc) is 3.56. The minimum absolute atomic E-state index is 0.232. The lowest BCUT2D eigenvalue weighted by molar-refractivity contribution is 0.101. The van der Waals surface area contributed by atoms with Crippen molar-refractivity contribution in [2.24, 2.45) is 7.05 Å². The molecule has 3 heterocycles. The van der Waals surface area contributed by atoms with Crippen LogP contribution in [0.4, 0.5) is 5.69 Å². The Morgan fingerprint density at radius 2 is 1.79 bits per heavy atom. The molecule has 3 aromatic heterocycles. The van der Waals surface area contributed by atoms with Crippen molar-refractivity contribution >= 4 is 28.0 Å². The van der Waals surface area contributed by atoms with E-state index in [-0.39, 0.29) is 5.91 Å². The molecule has 0 atom stereocenters. The first-order valence-electron chi connectivity index (χ1n) is 14.4. The second kappa shape index (κ2) is 11.1. The first-order chi connectivity index (χ1) is 20.3. The number of rotatable bonds is 7. The maximum atomic E-state index is 13.4. The van der Waals surface area contributed by atoms with Crippen LogP contribution in [0.2, 0.25) is 0 Å². The van der Waals surface area contributed by atoms with Crippen LogP contribution >= 0.6 is 0 Å². The second-order valence-corrected chi connectivity index (χ2v) is 11.4. The monoisotopic (exact) mass is 566 g/mol. The van der Waals surface area contributed by atoms with E-state index in [1.165, 1.54) is 0 Å². The number of anilines is 1. The fourth-order valence-corrected chi connectivity index (χ4v) is 6.42. The fourth-order valence-electron chi connectivity index (χ4n) is 6.42. The molecule has 42 heavy (non-hydrogen) atoms. The molecule has 0 saturated heterocycles. The zero-order valence-corrected chi connectivity index (χ0v) is 25.1. The number of aromatic nitrogens is 4. The smallest absolute Gasteiger partial charge is 0.272 e. The highest BCUT2D eigenvalue weighted by Gasteiger charge is 2.28. The van der Waals surface area contributed by atoms with E-state index in [1.807, 2.05) is 73.4 Å². The van der Waals surface area contributed by atoms with Crippen LogP contribution in [0, 0.1) is 6.92 Å². The highest BCUT2D eigenvalue weighted by Crippen LogP contribution is 2.39. The van der Waals surface area contributed by atoms with E-state index >= 15 is 0 Å². The summed E-state index contributed by atoms with van der Waals surface area (Å²) in [6, 6.07) is 14.1. The minimum Gasteiger partial charge on any atom is -0.496 e. The van der Waals surface area contributed by atoms with E-state index in [4.69, 9.17) is 14.5 Å². The largest absolute Gasteiger partial charge is 0.496 e. The predicted molar refractivity (Wildman–Crippen MR) is 166 cm³/mol. The van der Waals surface area contributed by atoms with Crippen molar-refractivity contribution in [1.82, 2.24) is 23.8 Å². The number of benzene rings is 2. The molecule has 0 unspecified atom stereocenters. The SMILES string of the molecule is COc1cc(-c2nc([C@H]3CC[C@@H](N(C)C)CC3)n3ccnc(C)c23)ccc1NC(=O)c1cc2c(OC)cccc2n1C. The highest BCUT2D eigenvalue weighted by molar-refractivity contribution is 6.08. The summed E-state index contributed by atoms with van der Waals surface area (Å²) < 4.78 is 15.4. The van der Waals surface area contributed by atoms with E-state index in [0.717, 1.165) is 70.6 Å². The molecular formula is C33H38N6O3. The lowest BCUT2D eigenvalue weighted by Gasteiger charge is -2.32. The van der Waals surface area contributed by atoms with Crippen molar-refractivity contribution in [3.05, 3.63) is 72.1 Å². The van der Waals surface area contributed by atoms with Gasteiger partial charge in [0.1, 0.15) is 23.0 Å². The molecule has 9 heteroatoms. The molecule has 0 radical (unpaired) electrons. The Morgan fingerprint density at radius 1 is 1.02 bits per heavy atom. The van der Waals surface area contributed by atoms with Crippen molar-refractivity contribution in [3.8, 4) is 22.8 Å². The van der Waals surface area contributed by atoms with Gasteiger partial charge in [-0.25, -0.2) is 4.98 Å². The maximum Gasteiger partial charge on any atom is 0.272 e. The molecule has 1 saturated carbocycles. The minimum atomic E-state index is -0.232. The number of amides is 1. The van der Waals surface area contributed by atoms with Gasteiger partial charge in [0.25, 0.3) is 5.91 Å². The van der Waals surface area contributed by atoms with Crippen molar-refractivity contribution in [1.29, 1.82) is 0 Å². The van der Waals surface area contributed by atoms with Gasteiger partial charge in [-0.1, -0.05) is 12.1 Å². The molecule has 0 aliphatic heterocycles. The van der Waals surface area contributed by atoms with Gasteiger partial charge in [-0.2, -0.15) is 0 Å². The number of aryl methyl sites for hydroxylation is 2. The third kappa shape index (κ3) is 4.77. The molecule has 1 fully saturated rings. The van der Waals surface area contributed by atoms with Crippen molar-refractivity contribution < 1.29 is 14.3 Å². The van der Waals surface area contributed by atoms with Gasteiger partial charge < -0.3 is 24.3 Å². The number of nitrogens with one attached hydrogen (secondary N) is 1. The average molecular weight is 567 g/mol. The molecule has 218 valence electrons. The van der Waals surface area contributed by atoms with Crippen LogP contribution in [-0.4, -0.2) is 64.1 Å². The molecule has 9 nitrogen and oxygen atoms in total. The van der Waals surface area contributed by atoms with E-state index in [2.05, 4.69) is 33.7 Å². The van der Waals surface area contributed by atoms with Gasteiger partial charge >= 0.3 is 0 Å². The lowest BCUT2D eigenvalue weighted by atomic mass is 9.85. The van der Waals surface area contributed by atoms with Crippen LogP contribution in [-0.2, 0) is 7.05 Å². The van der Waals surface area contributed by atoms with E-state index in [0.29, 0.717) is 29.1 Å². The molecule has 5 aromatic rings. The summed E-state index contributed by atoms with van der Waals surface area (Å²) in [7, 11) is 9.46. The Labute approximate surface area is 246 Å². The predicted octanol–water partition coefficient (Wildman–Crippen LogP) is 6.05. The first kappa shape index (κ1) is 27.8. The molecule has 1 N–H and O–H groups in total. The molecule has 2 aromatic carbocycles. The van der Waals surface area contributed by atoms with Crippen molar-refractivity contribution in [2.45, 2.75) is 44.6 Å². The summed E-state index contributed by atoms with van der Waals surface area (Å²) in [5.74, 6) is 2.54. The summed E-state index contributed by atoms with van der Waals surface area (Å²) in [6.45, 7) is 2.03. The number of carbonyl (C=O) groups is 1. The maximum absolute atomic E-state index is 13.4. The van der Waals surface area contributed by atoms with Crippen LogP contribution in [0.25, 0.3) is 27.7 Å². The number of hydrogen-bond acceptors (Lipinski definition) is 6. The Morgan fingerprint density at radius 3 is 2.50 bits per heavy atom. The van der Waals surface area contributed by atoms with Crippen LogP contribution in [0.5, 0.6) is 11.5 Å². The highest BCUT2D eigenvalue weighted by atomic mass is 16.5. The van der Waals surface area contributed by atoms with Gasteiger partial charge in [-0.05, 0) is 77.0 Å². The number of imidazole rings is 1. The van der Waals surface area contributed by atoms with Gasteiger partial charge in [-0.15, -0.1) is 0 Å². The molecule has 0 spiro atoms. The van der Waals surface area contributed by atoms with Crippen LogP contribution in [0.1, 0.15) is 53.6 Å². The number of hydrogen-bond donors (Lipinski definition) is 1. The third-order valence-corrected chi connectivity index (χ3v) is 8.78. The molecule has 0 bridgehead atoms. The number of methoxy groups -OCH3 is 2. The molecular weight excluding hydrogens is 528 g/mol. The number of fused-ring (bicyclic) bond motifs is 2. The summed E-state index contributed by atoms with van der Waals surface area (Å²) >= 11 is 0. The third-order valence-electron chi connectivity index (χ3n) is 8.78. The van der Waals surface area contributed by atoms with Gasteiger partial charge in [0.2, 0.25) is 0 Å². The number of nitrogens with zero attached hydrogens (tertiary/aromatic N) is 5. The van der Waals surface area contributed by atoms with E-state index < -0.39 is 0 Å². The second-order valence-electron chi connectivity index (χ2n) is 11.4. The summed E-state index contributed by atoms with van der Waals surface area (Å²) in [5, 5.41) is 3.93. The fraction of sp³-hybridized carbons (Fsp3) is 0.364. The summed E-state index contributed by atoms with van der Waals surface area (Å²) in [5.41, 5.74) is 5.76. The van der Waals surface area contributed by atoms with Crippen LogP contribution < -0.4 is 14.8 Å².